The molecule has 0 aromatic heterocycles. The van der Waals surface area contributed by atoms with E-state index < -0.39 is 29.7 Å². The van der Waals surface area contributed by atoms with Crippen LogP contribution in [0.4, 0.5) is 14.5 Å². The predicted molar refractivity (Wildman–Crippen MR) is 154 cm³/mol. The number of nitriles is 1. The van der Waals surface area contributed by atoms with Crippen LogP contribution in [0.2, 0.25) is 0 Å². The number of piperidine rings is 2. The minimum atomic E-state index is -0.894. The molecule has 3 aliphatic heterocycles. The van der Waals surface area contributed by atoms with E-state index in [-0.39, 0.29) is 54.9 Å². The number of nitrogens with one attached hydrogen (secondary N) is 1. The van der Waals surface area contributed by atoms with Crippen molar-refractivity contribution in [2.45, 2.75) is 51.0 Å². The average Bonchev–Trinajstić information content (AvgIpc) is 3.36. The van der Waals surface area contributed by atoms with Crippen LogP contribution in [0.5, 0.6) is 5.75 Å². The molecule has 1 unspecified atom stereocenters. The zero-order chi connectivity index (χ0) is 31.0. The Morgan fingerprint density at radius 3 is 2.52 bits per heavy atom. The average molecular weight is 601 g/mol. The number of rotatable bonds is 7. The minimum absolute atomic E-state index is 0.111. The van der Waals surface area contributed by atoms with Gasteiger partial charge in [0.15, 0.2) is 0 Å². The highest BCUT2D eigenvalue weighted by Crippen LogP contribution is 2.36. The number of aliphatic hydroxyl groups excluding tert-OH is 1. The molecule has 2 saturated heterocycles. The number of fused-ring (bicyclic) bond motifs is 1. The summed E-state index contributed by atoms with van der Waals surface area (Å²) in [5.74, 6) is -1.90. The molecule has 0 aliphatic carbocycles. The fraction of sp³-hybridized carbons (Fsp3) is 0.333. The second kappa shape index (κ2) is 12.1. The highest BCUT2D eigenvalue weighted by Gasteiger charge is 2.40. The number of ether oxygens (including phenoxy) is 1. The highest BCUT2D eigenvalue weighted by molar-refractivity contribution is 6.05. The highest BCUT2D eigenvalue weighted by atomic mass is 19.1. The van der Waals surface area contributed by atoms with Crippen LogP contribution < -0.4 is 15.0 Å². The van der Waals surface area contributed by atoms with Crippen LogP contribution in [-0.4, -0.2) is 46.9 Å². The van der Waals surface area contributed by atoms with Crippen LogP contribution in [0.15, 0.2) is 54.6 Å². The molecule has 3 amide bonds. The lowest BCUT2D eigenvalue weighted by Gasteiger charge is -2.36. The molecule has 2 fully saturated rings. The van der Waals surface area contributed by atoms with Crippen LogP contribution >= 0.6 is 0 Å². The van der Waals surface area contributed by atoms with Gasteiger partial charge in [0.05, 0.1) is 30.0 Å². The maximum absolute atomic E-state index is 15.2. The van der Waals surface area contributed by atoms with E-state index in [9.17, 15) is 23.9 Å². The van der Waals surface area contributed by atoms with Gasteiger partial charge in [0.1, 0.15) is 30.0 Å². The van der Waals surface area contributed by atoms with Crippen molar-refractivity contribution in [1.82, 2.24) is 10.2 Å². The molecule has 3 heterocycles. The molecule has 0 bridgehead atoms. The molecule has 9 nitrogen and oxygen atoms in total. The van der Waals surface area contributed by atoms with Gasteiger partial charge in [0.25, 0.3) is 5.91 Å². The summed E-state index contributed by atoms with van der Waals surface area (Å²) in [5.41, 5.74) is 2.40. The number of imide groups is 1. The summed E-state index contributed by atoms with van der Waals surface area (Å²) in [6.45, 7) is 1.06. The van der Waals surface area contributed by atoms with Crippen LogP contribution in [0.3, 0.4) is 0 Å². The molecule has 226 valence electrons. The summed E-state index contributed by atoms with van der Waals surface area (Å²) < 4.78 is 35.6. The van der Waals surface area contributed by atoms with Crippen molar-refractivity contribution in [3.8, 4) is 11.8 Å². The van der Waals surface area contributed by atoms with Crippen molar-refractivity contribution in [2.75, 3.05) is 18.0 Å². The van der Waals surface area contributed by atoms with Gasteiger partial charge in [-0.3, -0.25) is 19.7 Å². The Bertz CT molecular complexity index is 1680. The van der Waals surface area contributed by atoms with Crippen LogP contribution in [0.1, 0.15) is 64.4 Å². The normalized spacial score (nSPS) is 19.4. The summed E-state index contributed by atoms with van der Waals surface area (Å²) >= 11 is 0. The standard InChI is InChI=1S/C33H30F2N4O5/c34-25-15-21(31(41)20-10-12-38(13-11-20)27-7-4-19(16-36)14-26(27)35)5-6-22(25)18-44-29-3-1-2-23-24(29)17-39(33(23)43)28-8-9-30(40)37-32(28)42/h1-7,14-15,20,28,31,41H,8-13,17-18H2,(H,37,40,42)/t28-,31?/m0/s1. The van der Waals surface area contributed by atoms with Gasteiger partial charge in [-0.25, -0.2) is 8.78 Å². The first-order chi connectivity index (χ1) is 21.2. The summed E-state index contributed by atoms with van der Waals surface area (Å²) in [7, 11) is 0. The third-order valence-electron chi connectivity index (χ3n) is 8.74. The number of benzene rings is 3. The maximum Gasteiger partial charge on any atom is 0.255 e. The Balaban J connectivity index is 1.08. The lowest BCUT2D eigenvalue weighted by Crippen LogP contribution is -2.52. The Morgan fingerprint density at radius 1 is 1.02 bits per heavy atom. The fourth-order valence-corrected chi connectivity index (χ4v) is 6.27. The van der Waals surface area contributed by atoms with Gasteiger partial charge in [0, 0.05) is 36.2 Å². The minimum Gasteiger partial charge on any atom is -0.488 e. The Hall–Kier alpha value is -4.82. The largest absolute Gasteiger partial charge is 0.488 e. The number of hydrogen-bond donors (Lipinski definition) is 2. The van der Waals surface area contributed by atoms with Crippen LogP contribution in [0.25, 0.3) is 0 Å². The zero-order valence-electron chi connectivity index (χ0n) is 23.8. The molecule has 3 aromatic rings. The first-order valence-electron chi connectivity index (χ1n) is 14.5. The van der Waals surface area contributed by atoms with E-state index in [2.05, 4.69) is 5.32 Å². The molecule has 3 aliphatic rings. The summed E-state index contributed by atoms with van der Waals surface area (Å²) in [4.78, 5) is 40.3. The topological polar surface area (TPSA) is 123 Å². The zero-order valence-corrected chi connectivity index (χ0v) is 23.8. The molecule has 0 spiro atoms. The first kappa shape index (κ1) is 29.3. The molecular formula is C33H30F2N4O5. The van der Waals surface area contributed by atoms with Crippen molar-refractivity contribution < 1.29 is 33.0 Å². The van der Waals surface area contributed by atoms with E-state index in [1.54, 1.807) is 42.5 Å². The number of hydrogen-bond acceptors (Lipinski definition) is 7. The SMILES string of the molecule is N#Cc1ccc(N2CCC(C(O)c3ccc(COc4cccc5c4CN([C@H]4CCC(=O)NC4=O)C5=O)c(F)c3)CC2)c(F)c1. The smallest absolute Gasteiger partial charge is 0.255 e. The van der Waals surface area contributed by atoms with Gasteiger partial charge >= 0.3 is 0 Å². The van der Waals surface area contributed by atoms with Gasteiger partial charge in [-0.15, -0.1) is 0 Å². The first-order valence-corrected chi connectivity index (χ1v) is 14.5. The van der Waals surface area contributed by atoms with E-state index in [0.29, 0.717) is 54.1 Å². The van der Waals surface area contributed by atoms with Gasteiger partial charge in [-0.2, -0.15) is 5.26 Å². The number of aliphatic hydroxyl groups is 1. The summed E-state index contributed by atoms with van der Waals surface area (Å²) in [6.07, 6.45) is 0.677. The molecular weight excluding hydrogens is 570 g/mol. The van der Waals surface area contributed by atoms with E-state index >= 15 is 4.39 Å². The van der Waals surface area contributed by atoms with Gasteiger partial charge in [0.2, 0.25) is 11.8 Å². The molecule has 3 aromatic carbocycles. The number of amides is 3. The van der Waals surface area contributed by atoms with Crippen molar-refractivity contribution in [3.63, 3.8) is 0 Å². The molecule has 6 rings (SSSR count). The Labute approximate surface area is 252 Å². The second-order valence-corrected chi connectivity index (χ2v) is 11.4. The quantitative estimate of drug-likeness (QED) is 0.391. The predicted octanol–water partition coefficient (Wildman–Crippen LogP) is 4.13. The van der Waals surface area contributed by atoms with Crippen molar-refractivity contribution >= 4 is 23.4 Å². The summed E-state index contributed by atoms with van der Waals surface area (Å²) in [5, 5.41) is 22.3. The third kappa shape index (κ3) is 5.61. The molecule has 11 heteroatoms. The molecule has 0 radical (unpaired) electrons. The van der Waals surface area contributed by atoms with Crippen LogP contribution in [-0.2, 0) is 22.7 Å². The Morgan fingerprint density at radius 2 is 1.82 bits per heavy atom. The van der Waals surface area contributed by atoms with Crippen molar-refractivity contribution in [3.05, 3.63) is 94.0 Å². The van der Waals surface area contributed by atoms with E-state index in [4.69, 9.17) is 10.00 Å². The molecule has 44 heavy (non-hydrogen) atoms. The van der Waals surface area contributed by atoms with E-state index in [1.165, 1.54) is 17.0 Å². The number of nitrogens with zero attached hydrogens (tertiary/aromatic N) is 3. The maximum atomic E-state index is 15.2. The fourth-order valence-electron chi connectivity index (χ4n) is 6.27. The molecule has 2 atom stereocenters. The number of carbonyl (C=O) groups excluding carboxylic acids is 3. The van der Waals surface area contributed by atoms with Crippen molar-refractivity contribution in [1.29, 1.82) is 5.26 Å². The van der Waals surface area contributed by atoms with Gasteiger partial charge in [-0.05, 0) is 67.1 Å². The van der Waals surface area contributed by atoms with E-state index in [1.807, 2.05) is 11.0 Å². The molecule has 2 N–H and O–H groups in total. The summed E-state index contributed by atoms with van der Waals surface area (Å²) in [6, 6.07) is 15.1. The van der Waals surface area contributed by atoms with Crippen molar-refractivity contribution in [2.24, 2.45) is 5.92 Å². The number of halogens is 2. The van der Waals surface area contributed by atoms with Gasteiger partial charge in [-0.1, -0.05) is 18.2 Å². The number of carbonyl (C=O) groups is 3. The van der Waals surface area contributed by atoms with Crippen LogP contribution in [0, 0.1) is 28.9 Å². The number of anilines is 1. The lowest BCUT2D eigenvalue weighted by molar-refractivity contribution is -0.136. The Kier molecular flexibility index (Phi) is 8.01. The third-order valence-corrected chi connectivity index (χ3v) is 8.74. The molecule has 0 saturated carbocycles. The monoisotopic (exact) mass is 600 g/mol. The lowest BCUT2D eigenvalue weighted by atomic mass is 9.87. The van der Waals surface area contributed by atoms with E-state index in [0.717, 1.165) is 0 Å². The van der Waals surface area contributed by atoms with Gasteiger partial charge < -0.3 is 19.6 Å². The second-order valence-electron chi connectivity index (χ2n) is 11.4.